The summed E-state index contributed by atoms with van der Waals surface area (Å²) in [7, 11) is 0. The molecule has 31 heavy (non-hydrogen) atoms. The van der Waals surface area contributed by atoms with Gasteiger partial charge in [-0.1, -0.05) is 133 Å². The molecule has 0 aliphatic heterocycles. The summed E-state index contributed by atoms with van der Waals surface area (Å²) in [5.41, 5.74) is 8.92. The van der Waals surface area contributed by atoms with E-state index in [9.17, 15) is 0 Å². The Labute approximate surface area is 193 Å². The molecule has 0 saturated heterocycles. The summed E-state index contributed by atoms with van der Waals surface area (Å²) in [4.78, 5) is 0. The van der Waals surface area contributed by atoms with Crippen molar-refractivity contribution < 1.29 is 0 Å². The van der Waals surface area contributed by atoms with Gasteiger partial charge in [-0.3, -0.25) is 0 Å². The molecule has 0 radical (unpaired) electrons. The van der Waals surface area contributed by atoms with Crippen LogP contribution in [-0.4, -0.2) is 0 Å². The lowest BCUT2D eigenvalue weighted by Crippen LogP contribution is -2.25. The minimum atomic E-state index is -0.0808. The van der Waals surface area contributed by atoms with Gasteiger partial charge in [0.1, 0.15) is 0 Å². The Morgan fingerprint density at radius 3 is 0.613 bits per heavy atom. The van der Waals surface area contributed by atoms with Gasteiger partial charge >= 0.3 is 0 Å². The van der Waals surface area contributed by atoms with Crippen LogP contribution in [-0.2, 0) is 27.1 Å². The summed E-state index contributed by atoms with van der Waals surface area (Å²) in [6, 6.07) is 14.7. The molecule has 0 amide bonds. The summed E-state index contributed by atoms with van der Waals surface area (Å²) in [5.74, 6) is 0. The van der Waals surface area contributed by atoms with Crippen molar-refractivity contribution in [2.75, 3.05) is 0 Å². The van der Waals surface area contributed by atoms with Crippen molar-refractivity contribution in [1.29, 1.82) is 0 Å². The van der Waals surface area contributed by atoms with Gasteiger partial charge in [0.05, 0.1) is 0 Å². The lowest BCUT2D eigenvalue weighted by Gasteiger charge is -2.34. The molecule has 0 aliphatic rings. The fourth-order valence-corrected chi connectivity index (χ4v) is 3.88. The van der Waals surface area contributed by atoms with Gasteiger partial charge in [0.15, 0.2) is 0 Å². The first-order chi connectivity index (χ1) is 13.6. The number of benzene rings is 2. The normalized spacial score (nSPS) is 14.1. The van der Waals surface area contributed by atoms with Crippen LogP contribution in [0.15, 0.2) is 36.4 Å². The Balaban J connectivity index is 2.83. The molecule has 0 spiro atoms. The second-order valence-corrected chi connectivity index (χ2v) is 14.2. The second kappa shape index (κ2) is 7.79. The zero-order valence-corrected chi connectivity index (χ0v) is 23.0. The highest BCUT2D eigenvalue weighted by molar-refractivity contribution is 5.48. The van der Waals surface area contributed by atoms with Crippen LogP contribution in [0.2, 0.25) is 0 Å². The molecule has 2 rings (SSSR count). The molecule has 0 heteroatoms. The average Bonchev–Trinajstić information content (AvgIpc) is 2.58. The third-order valence-electron chi connectivity index (χ3n) is 6.77. The van der Waals surface area contributed by atoms with Gasteiger partial charge in [0.2, 0.25) is 0 Å². The second-order valence-electron chi connectivity index (χ2n) is 14.2. The lowest BCUT2D eigenvalue weighted by atomic mass is 9.70. The van der Waals surface area contributed by atoms with Crippen molar-refractivity contribution >= 4 is 0 Å². The van der Waals surface area contributed by atoms with E-state index in [0.29, 0.717) is 0 Å². The Bertz CT molecular complexity index is 784. The minimum Gasteiger partial charge on any atom is -0.0561 e. The fourth-order valence-electron chi connectivity index (χ4n) is 3.88. The molecule has 2 aromatic rings. The molecule has 0 nitrogen and oxygen atoms in total. The zero-order valence-electron chi connectivity index (χ0n) is 23.0. The van der Waals surface area contributed by atoms with Gasteiger partial charge in [0, 0.05) is 5.41 Å². The van der Waals surface area contributed by atoms with E-state index in [0.717, 1.165) is 0 Å². The van der Waals surface area contributed by atoms with Crippen molar-refractivity contribution in [2.24, 2.45) is 0 Å². The fraction of sp³-hybridized carbons (Fsp3) is 0.613. The quantitative estimate of drug-likeness (QED) is 0.454. The van der Waals surface area contributed by atoms with E-state index in [1.165, 1.54) is 33.4 Å². The predicted octanol–water partition coefficient (Wildman–Crippen LogP) is 9.20. The van der Waals surface area contributed by atoms with Gasteiger partial charge in [0.25, 0.3) is 0 Å². The van der Waals surface area contributed by atoms with E-state index in [4.69, 9.17) is 0 Å². The van der Waals surface area contributed by atoms with Crippen LogP contribution in [0.4, 0.5) is 0 Å². The Kier molecular flexibility index (Phi) is 6.46. The molecule has 0 atom stereocenters. The van der Waals surface area contributed by atoms with E-state index in [2.05, 4.69) is 133 Å². The van der Waals surface area contributed by atoms with Crippen LogP contribution >= 0.6 is 0 Å². The SMILES string of the molecule is CC(C)(C)c1cc(C(C)(C)C)cc(C(C)(C)c2cc(C(C)(C)C)cc(C(C)(C)C)c2)c1. The van der Waals surface area contributed by atoms with Gasteiger partial charge in [-0.15, -0.1) is 0 Å². The van der Waals surface area contributed by atoms with Gasteiger partial charge in [-0.05, 0) is 55.0 Å². The van der Waals surface area contributed by atoms with E-state index in [1.54, 1.807) is 0 Å². The maximum atomic E-state index is 2.45. The predicted molar refractivity (Wildman–Crippen MR) is 140 cm³/mol. The average molecular weight is 421 g/mol. The number of hydrogen-bond acceptors (Lipinski definition) is 0. The van der Waals surface area contributed by atoms with Crippen LogP contribution in [0.25, 0.3) is 0 Å². The van der Waals surface area contributed by atoms with Crippen LogP contribution in [0.5, 0.6) is 0 Å². The topological polar surface area (TPSA) is 0 Å². The highest BCUT2D eigenvalue weighted by atomic mass is 14.3. The van der Waals surface area contributed by atoms with Crippen LogP contribution < -0.4 is 0 Å². The molecule has 0 N–H and O–H groups in total. The first-order valence-corrected chi connectivity index (χ1v) is 12.0. The Hall–Kier alpha value is -1.56. The summed E-state index contributed by atoms with van der Waals surface area (Å²) in [5, 5.41) is 0. The maximum Gasteiger partial charge on any atom is 0.0146 e. The molecular formula is C31H48. The van der Waals surface area contributed by atoms with Crippen molar-refractivity contribution in [1.82, 2.24) is 0 Å². The molecule has 0 saturated carbocycles. The van der Waals surface area contributed by atoms with Gasteiger partial charge in [-0.25, -0.2) is 0 Å². The molecule has 0 aliphatic carbocycles. The standard InChI is InChI=1S/C31H48/c1-27(2,3)21-15-22(28(4,5)6)18-25(17-21)31(13,14)26-19-23(29(7,8)9)16-24(20-26)30(10,11)12/h15-20H,1-14H3. The summed E-state index contributed by atoms with van der Waals surface area (Å²) >= 11 is 0. The van der Waals surface area contributed by atoms with E-state index in [1.807, 2.05) is 0 Å². The molecule has 0 heterocycles. The molecule has 0 fully saturated rings. The zero-order chi connectivity index (χ0) is 24.2. The molecule has 0 aromatic heterocycles. The van der Waals surface area contributed by atoms with Gasteiger partial charge < -0.3 is 0 Å². The summed E-state index contributed by atoms with van der Waals surface area (Å²) in [6.45, 7) is 32.7. The Morgan fingerprint density at radius 2 is 0.452 bits per heavy atom. The van der Waals surface area contributed by atoms with Crippen molar-refractivity contribution in [2.45, 2.75) is 124 Å². The van der Waals surface area contributed by atoms with Crippen molar-refractivity contribution in [3.63, 3.8) is 0 Å². The first-order valence-electron chi connectivity index (χ1n) is 12.0. The van der Waals surface area contributed by atoms with Crippen molar-refractivity contribution in [3.05, 3.63) is 69.8 Å². The van der Waals surface area contributed by atoms with Crippen LogP contribution in [0.3, 0.4) is 0 Å². The summed E-state index contributed by atoms with van der Waals surface area (Å²) in [6.07, 6.45) is 0. The number of hydrogen-bond donors (Lipinski definition) is 0. The maximum absolute atomic E-state index is 2.45. The van der Waals surface area contributed by atoms with E-state index >= 15 is 0 Å². The number of rotatable bonds is 2. The lowest BCUT2D eigenvalue weighted by molar-refractivity contribution is 0.550. The smallest absolute Gasteiger partial charge is 0.0146 e. The van der Waals surface area contributed by atoms with Crippen LogP contribution in [0, 0.1) is 0 Å². The first kappa shape index (κ1) is 25.7. The van der Waals surface area contributed by atoms with Crippen LogP contribution in [0.1, 0.15) is 130 Å². The monoisotopic (exact) mass is 420 g/mol. The Morgan fingerprint density at radius 1 is 0.290 bits per heavy atom. The summed E-state index contributed by atoms with van der Waals surface area (Å²) < 4.78 is 0. The highest BCUT2D eigenvalue weighted by Gasteiger charge is 2.30. The largest absolute Gasteiger partial charge is 0.0561 e. The van der Waals surface area contributed by atoms with E-state index < -0.39 is 0 Å². The minimum absolute atomic E-state index is 0.0808. The molecule has 2 aromatic carbocycles. The van der Waals surface area contributed by atoms with Gasteiger partial charge in [-0.2, -0.15) is 0 Å². The third kappa shape index (κ3) is 5.82. The van der Waals surface area contributed by atoms with E-state index in [-0.39, 0.29) is 27.1 Å². The third-order valence-corrected chi connectivity index (χ3v) is 6.77. The molecule has 0 unspecified atom stereocenters. The highest BCUT2D eigenvalue weighted by Crippen LogP contribution is 2.40. The van der Waals surface area contributed by atoms with Crippen molar-refractivity contribution in [3.8, 4) is 0 Å². The molecular weight excluding hydrogens is 372 g/mol. The molecule has 0 bridgehead atoms. The molecule has 172 valence electrons.